The van der Waals surface area contributed by atoms with Crippen LogP contribution in [-0.4, -0.2) is 53.7 Å². The molecule has 0 aromatic heterocycles. The second-order valence-corrected chi connectivity index (χ2v) is 14.5. The third-order valence-electron chi connectivity index (χ3n) is 9.37. The van der Waals surface area contributed by atoms with Crippen molar-refractivity contribution in [2.24, 2.45) is 17.8 Å². The van der Waals surface area contributed by atoms with Gasteiger partial charge in [-0.3, -0.25) is 19.7 Å². The minimum atomic E-state index is -1.08. The predicted molar refractivity (Wildman–Crippen MR) is 203 cm³/mol. The zero-order valence-electron chi connectivity index (χ0n) is 30.5. The maximum Gasteiger partial charge on any atom is 0.257 e. The summed E-state index contributed by atoms with van der Waals surface area (Å²) in [4.78, 5) is 41.0. The summed E-state index contributed by atoms with van der Waals surface area (Å²) in [6.45, 7) is 12.5. The first kappa shape index (κ1) is 38.5. The summed E-state index contributed by atoms with van der Waals surface area (Å²) >= 11 is 0. The molecule has 0 unspecified atom stereocenters. The average molecular weight is 681 g/mol. The second-order valence-electron chi connectivity index (χ2n) is 14.5. The number of carbonyl (C=O) groups is 3. The fourth-order valence-corrected chi connectivity index (χ4v) is 6.43. The number of fused-ring (bicyclic) bond motifs is 2. The van der Waals surface area contributed by atoms with Crippen molar-refractivity contribution in [2.75, 3.05) is 6.54 Å². The molecule has 0 aliphatic rings. The molecule has 268 valence electrons. The van der Waals surface area contributed by atoms with Crippen molar-refractivity contribution < 1.29 is 19.5 Å². The minimum absolute atomic E-state index is 0.124. The van der Waals surface area contributed by atoms with Gasteiger partial charge in [-0.25, -0.2) is 0 Å². The van der Waals surface area contributed by atoms with Crippen LogP contribution in [0.5, 0.6) is 0 Å². The van der Waals surface area contributed by atoms with E-state index in [2.05, 4.69) is 83.6 Å². The number of nitrogens with one attached hydrogen (secondary N) is 4. The van der Waals surface area contributed by atoms with Crippen LogP contribution in [0, 0.1) is 17.8 Å². The van der Waals surface area contributed by atoms with Crippen molar-refractivity contribution in [3.63, 3.8) is 0 Å². The number of hydrogen-bond donors (Lipinski definition) is 5. The van der Waals surface area contributed by atoms with Crippen molar-refractivity contribution >= 4 is 39.3 Å². The van der Waals surface area contributed by atoms with Crippen LogP contribution in [0.15, 0.2) is 84.9 Å². The van der Waals surface area contributed by atoms with Gasteiger partial charge in [0.05, 0.1) is 18.6 Å². The Hall–Kier alpha value is -4.27. The minimum Gasteiger partial charge on any atom is -0.390 e. The van der Waals surface area contributed by atoms with Gasteiger partial charge >= 0.3 is 0 Å². The molecule has 0 aliphatic heterocycles. The van der Waals surface area contributed by atoms with Crippen LogP contribution in [-0.2, 0) is 27.2 Å². The third kappa shape index (κ3) is 11.1. The highest BCUT2D eigenvalue weighted by Crippen LogP contribution is 2.26. The Kier molecular flexibility index (Phi) is 14.4. The molecular weight excluding hydrogens is 624 g/mol. The number of rotatable bonds is 18. The van der Waals surface area contributed by atoms with Crippen molar-refractivity contribution in [3.05, 3.63) is 96.1 Å². The van der Waals surface area contributed by atoms with Gasteiger partial charge in [0.1, 0.15) is 0 Å². The van der Waals surface area contributed by atoms with Crippen molar-refractivity contribution in [3.8, 4) is 0 Å². The Morgan fingerprint density at radius 2 is 1.24 bits per heavy atom. The monoisotopic (exact) mass is 680 g/mol. The van der Waals surface area contributed by atoms with Gasteiger partial charge in [0, 0.05) is 18.5 Å². The van der Waals surface area contributed by atoms with E-state index < -0.39 is 30.1 Å². The fourth-order valence-electron chi connectivity index (χ4n) is 6.43. The lowest BCUT2D eigenvalue weighted by molar-refractivity contribution is -0.133. The second kappa shape index (κ2) is 18.6. The summed E-state index contributed by atoms with van der Waals surface area (Å²) in [5.74, 6) is -0.957. The normalized spacial score (nSPS) is 14.1. The highest BCUT2D eigenvalue weighted by atomic mass is 16.3. The zero-order valence-corrected chi connectivity index (χ0v) is 30.5. The van der Waals surface area contributed by atoms with Gasteiger partial charge in [0.25, 0.3) is 5.91 Å². The standard InChI is InChI=1S/C42H56N4O4/c1-7-29(6)26-43-39(48)25-38(47)37(22-27(2)3)45-42(50)40(44-28(4)5)46-41(49)34(23-32-18-12-16-30-14-8-10-20-35(30)32)24-33-19-13-17-31-15-9-11-21-36(31)33/h8-21,27-29,34,37-38,40,44,47H,7,22-26H2,1-6H3,(H,43,48)(H,45,50)(H,46,49)/t29-,37-,38+,40+/m0/s1. The predicted octanol–water partition coefficient (Wildman–Crippen LogP) is 6.28. The van der Waals surface area contributed by atoms with Crippen molar-refractivity contribution in [1.82, 2.24) is 21.3 Å². The summed E-state index contributed by atoms with van der Waals surface area (Å²) in [6, 6.07) is 27.9. The van der Waals surface area contributed by atoms with Crippen LogP contribution in [0.2, 0.25) is 0 Å². The molecule has 0 saturated heterocycles. The molecule has 0 aliphatic carbocycles. The Morgan fingerprint density at radius 1 is 0.700 bits per heavy atom. The molecular formula is C42H56N4O4. The van der Waals surface area contributed by atoms with Gasteiger partial charge in [0.2, 0.25) is 11.8 Å². The van der Waals surface area contributed by atoms with E-state index in [1.165, 1.54) is 0 Å². The Morgan fingerprint density at radius 3 is 1.76 bits per heavy atom. The van der Waals surface area contributed by atoms with E-state index >= 15 is 0 Å². The number of aliphatic hydroxyl groups is 1. The number of carbonyl (C=O) groups excluding carboxylic acids is 3. The van der Waals surface area contributed by atoms with Gasteiger partial charge in [-0.15, -0.1) is 0 Å². The van der Waals surface area contributed by atoms with Gasteiger partial charge in [0.15, 0.2) is 6.17 Å². The number of aliphatic hydroxyl groups excluding tert-OH is 1. The Labute approximate surface area is 297 Å². The van der Waals surface area contributed by atoms with Gasteiger partial charge in [-0.05, 0) is 77.6 Å². The molecule has 5 N–H and O–H groups in total. The van der Waals surface area contributed by atoms with Crippen LogP contribution >= 0.6 is 0 Å². The molecule has 0 saturated carbocycles. The molecule has 50 heavy (non-hydrogen) atoms. The lowest BCUT2D eigenvalue weighted by atomic mass is 9.88. The van der Waals surface area contributed by atoms with E-state index in [4.69, 9.17) is 0 Å². The van der Waals surface area contributed by atoms with E-state index in [1.54, 1.807) is 0 Å². The molecule has 3 amide bonds. The van der Waals surface area contributed by atoms with Crippen molar-refractivity contribution in [1.29, 1.82) is 0 Å². The topological polar surface area (TPSA) is 120 Å². The maximum absolute atomic E-state index is 14.4. The molecule has 4 aromatic rings. The van der Waals surface area contributed by atoms with Crippen LogP contribution in [0.25, 0.3) is 21.5 Å². The highest BCUT2D eigenvalue weighted by Gasteiger charge is 2.31. The summed E-state index contributed by atoms with van der Waals surface area (Å²) in [6.07, 6.45) is 0.111. The largest absolute Gasteiger partial charge is 0.390 e. The number of amides is 3. The number of hydrogen-bond acceptors (Lipinski definition) is 5. The molecule has 0 radical (unpaired) electrons. The highest BCUT2D eigenvalue weighted by molar-refractivity contribution is 5.91. The Balaban J connectivity index is 1.58. The van der Waals surface area contributed by atoms with Crippen LogP contribution < -0.4 is 21.3 Å². The first-order chi connectivity index (χ1) is 23.9. The molecule has 4 rings (SSSR count). The maximum atomic E-state index is 14.4. The summed E-state index contributed by atoms with van der Waals surface area (Å²) in [5, 5.41) is 27.7. The smallest absolute Gasteiger partial charge is 0.257 e. The molecule has 4 atom stereocenters. The lowest BCUT2D eigenvalue weighted by Gasteiger charge is -2.30. The molecule has 8 heteroatoms. The zero-order chi connectivity index (χ0) is 36.2. The molecule has 0 heterocycles. The van der Waals surface area contributed by atoms with E-state index in [0.29, 0.717) is 31.7 Å². The van der Waals surface area contributed by atoms with Crippen LogP contribution in [0.3, 0.4) is 0 Å². The third-order valence-corrected chi connectivity index (χ3v) is 9.37. The van der Waals surface area contributed by atoms with Crippen LogP contribution in [0.1, 0.15) is 71.9 Å². The molecule has 0 bridgehead atoms. The fraction of sp³-hybridized carbons (Fsp3) is 0.452. The molecule has 8 nitrogen and oxygen atoms in total. The van der Waals surface area contributed by atoms with E-state index in [9.17, 15) is 19.5 Å². The van der Waals surface area contributed by atoms with Gasteiger partial charge in [-0.2, -0.15) is 0 Å². The lowest BCUT2D eigenvalue weighted by Crippen LogP contribution is -2.60. The van der Waals surface area contributed by atoms with Gasteiger partial charge in [-0.1, -0.05) is 119 Å². The number of benzene rings is 4. The van der Waals surface area contributed by atoms with Crippen LogP contribution in [0.4, 0.5) is 0 Å². The average Bonchev–Trinajstić information content (AvgIpc) is 3.09. The molecule has 0 spiro atoms. The molecule has 0 fully saturated rings. The quantitative estimate of drug-likeness (QED) is 0.0793. The van der Waals surface area contributed by atoms with E-state index in [0.717, 1.165) is 39.1 Å². The summed E-state index contributed by atoms with van der Waals surface area (Å²) in [7, 11) is 0. The summed E-state index contributed by atoms with van der Waals surface area (Å²) < 4.78 is 0. The summed E-state index contributed by atoms with van der Waals surface area (Å²) in [5.41, 5.74) is 2.13. The van der Waals surface area contributed by atoms with Crippen molar-refractivity contribution in [2.45, 2.75) is 98.0 Å². The Bertz CT molecular complexity index is 1630. The first-order valence-electron chi connectivity index (χ1n) is 18.2. The van der Waals surface area contributed by atoms with E-state index in [1.807, 2.05) is 64.1 Å². The van der Waals surface area contributed by atoms with E-state index in [-0.39, 0.29) is 30.2 Å². The SMILES string of the molecule is CC[C@H](C)CNC(=O)C[C@@H](O)[C@H](CC(C)C)NC(=O)[C@@H](NC(=O)C(Cc1cccc2ccccc12)Cc1cccc2ccccc12)NC(C)C. The van der Waals surface area contributed by atoms with Gasteiger partial charge < -0.3 is 21.1 Å². The first-order valence-corrected chi connectivity index (χ1v) is 18.2. The molecule has 4 aromatic carbocycles.